The van der Waals surface area contributed by atoms with Crippen molar-refractivity contribution in [2.75, 3.05) is 12.3 Å². The molecule has 0 saturated carbocycles. The summed E-state index contributed by atoms with van der Waals surface area (Å²) in [7, 11) is 0. The average molecular weight is 260 g/mol. The van der Waals surface area contributed by atoms with Gasteiger partial charge in [-0.25, -0.2) is 4.68 Å². The molecule has 1 aliphatic heterocycles. The van der Waals surface area contributed by atoms with Gasteiger partial charge in [-0.2, -0.15) is 5.10 Å². The third-order valence-corrected chi connectivity index (χ3v) is 3.22. The van der Waals surface area contributed by atoms with Crippen molar-refractivity contribution in [2.24, 2.45) is 0 Å². The number of nitrogens with zero attached hydrogens (tertiary/aromatic N) is 2. The van der Waals surface area contributed by atoms with Crippen molar-refractivity contribution in [3.05, 3.63) is 10.7 Å². The number of hydrogen-bond acceptors (Lipinski definition) is 3. The van der Waals surface area contributed by atoms with Crippen LogP contribution in [-0.4, -0.2) is 22.5 Å². The number of hydrogen-bond donors (Lipinski definition) is 1. The van der Waals surface area contributed by atoms with Crippen molar-refractivity contribution in [3.63, 3.8) is 0 Å². The summed E-state index contributed by atoms with van der Waals surface area (Å²) in [4.78, 5) is 0. The van der Waals surface area contributed by atoms with Gasteiger partial charge in [0.1, 0.15) is 5.82 Å². The molecule has 0 aromatic carbocycles. The normalized spacial score (nSPS) is 27.9. The lowest BCUT2D eigenvalue weighted by Crippen LogP contribution is -2.27. The molecule has 1 aliphatic rings. The average Bonchev–Trinajstić information content (AvgIpc) is 2.50. The molecule has 1 aromatic heterocycles. The Morgan fingerprint density at radius 2 is 2.43 bits per heavy atom. The number of aromatic nitrogens is 2. The molecule has 2 rings (SSSR count). The Morgan fingerprint density at radius 3 is 2.93 bits per heavy atom. The Hall–Kier alpha value is -0.550. The van der Waals surface area contributed by atoms with Gasteiger partial charge in [0, 0.05) is 0 Å². The lowest BCUT2D eigenvalue weighted by atomic mass is 10.1. The van der Waals surface area contributed by atoms with Crippen LogP contribution in [0.25, 0.3) is 0 Å². The summed E-state index contributed by atoms with van der Waals surface area (Å²) in [6, 6.07) is 0.289. The first-order chi connectivity index (χ1) is 6.68. The maximum Gasteiger partial charge on any atom is 0.136 e. The zero-order valence-electron chi connectivity index (χ0n) is 8.11. The molecule has 4 nitrogen and oxygen atoms in total. The largest absolute Gasteiger partial charge is 0.383 e. The second kappa shape index (κ2) is 3.90. The molecule has 0 aliphatic carbocycles. The minimum Gasteiger partial charge on any atom is -0.383 e. The van der Waals surface area contributed by atoms with Crippen LogP contribution >= 0.6 is 15.9 Å². The lowest BCUT2D eigenvalue weighted by molar-refractivity contribution is -0.00312. The molecule has 1 aromatic rings. The summed E-state index contributed by atoms with van der Waals surface area (Å²) in [5.74, 6) is 0.688. The van der Waals surface area contributed by atoms with Crippen LogP contribution in [0, 0.1) is 0 Å². The van der Waals surface area contributed by atoms with Crippen molar-refractivity contribution < 1.29 is 4.74 Å². The molecule has 2 atom stereocenters. The number of rotatable bonds is 1. The van der Waals surface area contributed by atoms with E-state index >= 15 is 0 Å². The van der Waals surface area contributed by atoms with E-state index in [-0.39, 0.29) is 6.04 Å². The second-order valence-electron chi connectivity index (χ2n) is 3.70. The van der Waals surface area contributed by atoms with Crippen LogP contribution < -0.4 is 5.73 Å². The van der Waals surface area contributed by atoms with Crippen molar-refractivity contribution in [2.45, 2.75) is 31.9 Å². The van der Waals surface area contributed by atoms with Crippen LogP contribution in [0.2, 0.25) is 0 Å². The number of nitrogen functional groups attached to an aromatic ring is 1. The van der Waals surface area contributed by atoms with Crippen molar-refractivity contribution in [1.29, 1.82) is 0 Å². The summed E-state index contributed by atoms with van der Waals surface area (Å²) in [5.41, 5.74) is 5.87. The zero-order valence-corrected chi connectivity index (χ0v) is 9.70. The summed E-state index contributed by atoms with van der Waals surface area (Å²) < 4.78 is 8.28. The number of halogens is 1. The van der Waals surface area contributed by atoms with Gasteiger partial charge >= 0.3 is 0 Å². The Morgan fingerprint density at radius 1 is 1.64 bits per heavy atom. The van der Waals surface area contributed by atoms with Crippen LogP contribution in [-0.2, 0) is 4.74 Å². The fourth-order valence-electron chi connectivity index (χ4n) is 1.70. The Balaban J connectivity index is 2.12. The fourth-order valence-corrected chi connectivity index (χ4v) is 1.98. The molecule has 0 spiro atoms. The number of nitrogens with two attached hydrogens (primary N) is 1. The third kappa shape index (κ3) is 1.79. The van der Waals surface area contributed by atoms with E-state index in [1.54, 1.807) is 6.20 Å². The van der Waals surface area contributed by atoms with E-state index in [0.717, 1.165) is 17.3 Å². The van der Waals surface area contributed by atoms with E-state index < -0.39 is 0 Å². The summed E-state index contributed by atoms with van der Waals surface area (Å²) in [6.07, 6.45) is 4.25. The molecule has 0 amide bonds. The fraction of sp³-hybridized carbons (Fsp3) is 0.667. The predicted octanol–water partition coefficient (Wildman–Crippen LogP) is 1.97. The van der Waals surface area contributed by atoms with Crippen LogP contribution in [0.1, 0.15) is 25.8 Å². The Bertz CT molecular complexity index is 318. The first-order valence-electron chi connectivity index (χ1n) is 4.78. The molecule has 78 valence electrons. The molecule has 2 unspecified atom stereocenters. The Kier molecular flexibility index (Phi) is 2.78. The smallest absolute Gasteiger partial charge is 0.136 e. The van der Waals surface area contributed by atoms with Gasteiger partial charge in [-0.05, 0) is 35.7 Å². The first kappa shape index (κ1) is 9.98. The highest BCUT2D eigenvalue weighted by Gasteiger charge is 2.22. The van der Waals surface area contributed by atoms with Crippen LogP contribution in [0.5, 0.6) is 0 Å². The SMILES string of the molecule is CC1CCC(n2ncc(Br)c2N)CO1. The van der Waals surface area contributed by atoms with E-state index in [1.807, 2.05) is 4.68 Å². The number of anilines is 1. The molecule has 2 heterocycles. The minimum absolute atomic E-state index is 0.289. The van der Waals surface area contributed by atoms with Gasteiger partial charge in [-0.15, -0.1) is 0 Å². The maximum atomic E-state index is 5.87. The van der Waals surface area contributed by atoms with E-state index in [2.05, 4.69) is 28.0 Å². The summed E-state index contributed by atoms with van der Waals surface area (Å²) in [5, 5.41) is 4.23. The van der Waals surface area contributed by atoms with Gasteiger partial charge in [0.25, 0.3) is 0 Å². The quantitative estimate of drug-likeness (QED) is 0.839. The second-order valence-corrected chi connectivity index (χ2v) is 4.55. The maximum absolute atomic E-state index is 5.87. The highest BCUT2D eigenvalue weighted by molar-refractivity contribution is 9.10. The topological polar surface area (TPSA) is 53.1 Å². The minimum atomic E-state index is 0.289. The molecular weight excluding hydrogens is 246 g/mol. The predicted molar refractivity (Wildman–Crippen MR) is 58.0 cm³/mol. The third-order valence-electron chi connectivity index (χ3n) is 2.61. The molecule has 5 heteroatoms. The van der Waals surface area contributed by atoms with E-state index in [9.17, 15) is 0 Å². The van der Waals surface area contributed by atoms with Crippen molar-refractivity contribution in [3.8, 4) is 0 Å². The van der Waals surface area contributed by atoms with Gasteiger partial charge < -0.3 is 10.5 Å². The van der Waals surface area contributed by atoms with Gasteiger partial charge in [0.2, 0.25) is 0 Å². The van der Waals surface area contributed by atoms with Crippen LogP contribution in [0.15, 0.2) is 10.7 Å². The molecule has 1 saturated heterocycles. The highest BCUT2D eigenvalue weighted by Crippen LogP contribution is 2.28. The molecule has 2 N–H and O–H groups in total. The van der Waals surface area contributed by atoms with Crippen molar-refractivity contribution >= 4 is 21.7 Å². The number of ether oxygens (including phenoxy) is 1. The van der Waals surface area contributed by atoms with E-state index in [1.165, 1.54) is 0 Å². The molecular formula is C9H14BrN3O. The van der Waals surface area contributed by atoms with Crippen LogP contribution in [0.4, 0.5) is 5.82 Å². The van der Waals surface area contributed by atoms with E-state index in [0.29, 0.717) is 18.5 Å². The van der Waals surface area contributed by atoms with Gasteiger partial charge in [0.15, 0.2) is 0 Å². The zero-order chi connectivity index (χ0) is 10.1. The molecule has 1 fully saturated rings. The van der Waals surface area contributed by atoms with Crippen molar-refractivity contribution in [1.82, 2.24) is 9.78 Å². The molecule has 0 radical (unpaired) electrons. The van der Waals surface area contributed by atoms with Gasteiger partial charge in [-0.3, -0.25) is 0 Å². The Labute approximate surface area is 91.5 Å². The van der Waals surface area contributed by atoms with E-state index in [4.69, 9.17) is 10.5 Å². The van der Waals surface area contributed by atoms with Gasteiger partial charge in [-0.1, -0.05) is 0 Å². The standard InChI is InChI=1S/C9H14BrN3O/c1-6-2-3-7(5-14-6)13-9(11)8(10)4-12-13/h4,6-7H,2-3,5,11H2,1H3. The summed E-state index contributed by atoms with van der Waals surface area (Å²) >= 11 is 3.35. The molecule has 14 heavy (non-hydrogen) atoms. The van der Waals surface area contributed by atoms with Gasteiger partial charge in [0.05, 0.1) is 29.4 Å². The first-order valence-corrected chi connectivity index (χ1v) is 5.58. The highest BCUT2D eigenvalue weighted by atomic mass is 79.9. The van der Waals surface area contributed by atoms with Crippen LogP contribution in [0.3, 0.4) is 0 Å². The lowest BCUT2D eigenvalue weighted by Gasteiger charge is -2.27. The summed E-state index contributed by atoms with van der Waals surface area (Å²) in [6.45, 7) is 2.80. The monoisotopic (exact) mass is 259 g/mol. The molecule has 0 bridgehead atoms.